The average molecular weight is 431 g/mol. The lowest BCUT2D eigenvalue weighted by atomic mass is 9.85. The number of nitrogens with one attached hydrogen (secondary N) is 1. The number of hydrogen-bond acceptors (Lipinski definition) is 4. The van der Waals surface area contributed by atoms with Crippen LogP contribution >= 0.6 is 0 Å². The Balaban J connectivity index is 1.43. The van der Waals surface area contributed by atoms with Gasteiger partial charge in [-0.25, -0.2) is 0 Å². The first-order valence-corrected chi connectivity index (χ1v) is 11.0. The zero-order chi connectivity index (χ0) is 22.4. The molecule has 6 heteroatoms. The number of rotatable bonds is 6. The summed E-state index contributed by atoms with van der Waals surface area (Å²) in [6.45, 7) is 1.98. The van der Waals surface area contributed by atoms with Crippen LogP contribution in [0, 0.1) is 30.6 Å². The molecule has 0 radical (unpaired) electrons. The highest BCUT2D eigenvalue weighted by Crippen LogP contribution is 2.54. The monoisotopic (exact) mass is 430 g/mol. The van der Waals surface area contributed by atoms with Gasteiger partial charge in [0, 0.05) is 5.69 Å². The number of hydrogen-bond donors (Lipinski definition) is 1. The molecule has 0 spiro atoms. The maximum absolute atomic E-state index is 13.4. The Labute approximate surface area is 187 Å². The Morgan fingerprint density at radius 3 is 2.16 bits per heavy atom. The normalized spacial score (nSPS) is 26.4. The number of ether oxygens (including phenoxy) is 1. The molecular formula is C26H26N2O4. The van der Waals surface area contributed by atoms with Gasteiger partial charge in [0.1, 0.15) is 5.75 Å². The van der Waals surface area contributed by atoms with E-state index in [1.807, 2.05) is 43.3 Å². The molecule has 1 N–H and O–H groups in total. The smallest absolute Gasteiger partial charge is 0.234 e. The van der Waals surface area contributed by atoms with Gasteiger partial charge in [-0.3, -0.25) is 19.3 Å². The summed E-state index contributed by atoms with van der Waals surface area (Å²) in [5, 5.41) is 2.90. The van der Waals surface area contributed by atoms with Crippen LogP contribution in [0.1, 0.15) is 30.0 Å². The van der Waals surface area contributed by atoms with E-state index in [4.69, 9.17) is 4.74 Å². The molecule has 2 bridgehead atoms. The molecule has 2 aromatic carbocycles. The number of allylic oxidation sites excluding steroid dienone is 2. The summed E-state index contributed by atoms with van der Waals surface area (Å²) < 4.78 is 5.25. The fourth-order valence-electron chi connectivity index (χ4n) is 5.44. The molecule has 6 nitrogen and oxygen atoms in total. The predicted octanol–water partition coefficient (Wildman–Crippen LogP) is 3.88. The molecule has 1 saturated heterocycles. The molecule has 2 aromatic rings. The van der Waals surface area contributed by atoms with Crippen molar-refractivity contribution in [2.75, 3.05) is 12.4 Å². The highest BCUT2D eigenvalue weighted by molar-refractivity contribution is 6.07. The zero-order valence-electron chi connectivity index (χ0n) is 18.2. The Kier molecular flexibility index (Phi) is 5.08. The van der Waals surface area contributed by atoms with Gasteiger partial charge >= 0.3 is 0 Å². The minimum absolute atomic E-state index is 0.000112. The fraction of sp³-hybridized carbons (Fsp3) is 0.346. The van der Waals surface area contributed by atoms with Crippen molar-refractivity contribution in [1.82, 2.24) is 4.90 Å². The molecule has 3 amide bonds. The van der Waals surface area contributed by atoms with Crippen LogP contribution in [-0.2, 0) is 14.4 Å². The quantitative estimate of drug-likeness (QED) is 0.557. The number of benzene rings is 2. The zero-order valence-corrected chi connectivity index (χ0v) is 18.2. The van der Waals surface area contributed by atoms with E-state index in [9.17, 15) is 14.4 Å². The van der Waals surface area contributed by atoms with Gasteiger partial charge in [-0.2, -0.15) is 0 Å². The van der Waals surface area contributed by atoms with Crippen molar-refractivity contribution in [3.8, 4) is 5.75 Å². The number of anilines is 1. The molecule has 2 aliphatic carbocycles. The summed E-state index contributed by atoms with van der Waals surface area (Å²) in [5.41, 5.74) is 2.53. The van der Waals surface area contributed by atoms with Crippen molar-refractivity contribution in [3.63, 3.8) is 0 Å². The van der Waals surface area contributed by atoms with Gasteiger partial charge in [0.05, 0.1) is 31.4 Å². The molecule has 3 aliphatic rings. The highest BCUT2D eigenvalue weighted by Gasteiger charge is 2.60. The van der Waals surface area contributed by atoms with Crippen LogP contribution in [0.2, 0.25) is 0 Å². The second-order valence-electron chi connectivity index (χ2n) is 8.95. The number of aryl methyl sites for hydroxylation is 1. The summed E-state index contributed by atoms with van der Waals surface area (Å²) in [6, 6.07) is 14.1. The van der Waals surface area contributed by atoms with E-state index in [1.165, 1.54) is 4.90 Å². The van der Waals surface area contributed by atoms with Crippen molar-refractivity contribution < 1.29 is 19.1 Å². The van der Waals surface area contributed by atoms with Gasteiger partial charge in [-0.05, 0) is 55.0 Å². The predicted molar refractivity (Wildman–Crippen MR) is 120 cm³/mol. The van der Waals surface area contributed by atoms with Crippen molar-refractivity contribution >= 4 is 23.4 Å². The number of amides is 3. The molecule has 0 aromatic heterocycles. The third kappa shape index (κ3) is 3.40. The maximum atomic E-state index is 13.4. The molecule has 2 fully saturated rings. The van der Waals surface area contributed by atoms with E-state index in [0.717, 1.165) is 17.5 Å². The van der Waals surface area contributed by atoms with Crippen LogP contribution < -0.4 is 10.1 Å². The molecule has 1 saturated carbocycles. The summed E-state index contributed by atoms with van der Waals surface area (Å²) in [6.07, 6.45) is 5.03. The third-order valence-electron chi connectivity index (χ3n) is 7.03. The van der Waals surface area contributed by atoms with Gasteiger partial charge in [0.2, 0.25) is 17.7 Å². The van der Waals surface area contributed by atoms with E-state index in [-0.39, 0.29) is 47.8 Å². The van der Waals surface area contributed by atoms with Crippen LogP contribution in [0.15, 0.2) is 60.7 Å². The molecule has 5 unspecified atom stereocenters. The van der Waals surface area contributed by atoms with Gasteiger partial charge in [0.15, 0.2) is 0 Å². The lowest BCUT2D eigenvalue weighted by Gasteiger charge is -2.28. The second-order valence-corrected chi connectivity index (χ2v) is 8.95. The molecule has 164 valence electrons. The van der Waals surface area contributed by atoms with E-state index in [2.05, 4.69) is 17.5 Å². The number of imide groups is 1. The molecule has 1 heterocycles. The van der Waals surface area contributed by atoms with Gasteiger partial charge < -0.3 is 10.1 Å². The Morgan fingerprint density at radius 2 is 1.59 bits per heavy atom. The number of carbonyl (C=O) groups is 3. The van der Waals surface area contributed by atoms with Gasteiger partial charge in [0.25, 0.3) is 0 Å². The van der Waals surface area contributed by atoms with E-state index >= 15 is 0 Å². The standard InChI is InChI=1S/C26H26N2O4/c1-15-3-9-19(10-4-15)27-22(29)14-21(16-7-11-20(32-2)12-8-16)28-25(30)23-17-5-6-18(13-17)24(23)26(28)31/h3-12,17-18,21,23-24H,13-14H2,1-2H3,(H,27,29). The fourth-order valence-corrected chi connectivity index (χ4v) is 5.44. The lowest BCUT2D eigenvalue weighted by Crippen LogP contribution is -2.38. The highest BCUT2D eigenvalue weighted by atomic mass is 16.5. The maximum Gasteiger partial charge on any atom is 0.234 e. The van der Waals surface area contributed by atoms with Crippen LogP contribution in [0.3, 0.4) is 0 Å². The van der Waals surface area contributed by atoms with Gasteiger partial charge in [-0.1, -0.05) is 42.0 Å². The van der Waals surface area contributed by atoms with Crippen molar-refractivity contribution in [3.05, 3.63) is 71.8 Å². The Morgan fingerprint density at radius 1 is 1.00 bits per heavy atom. The first-order valence-electron chi connectivity index (χ1n) is 11.0. The minimum atomic E-state index is -0.656. The van der Waals surface area contributed by atoms with Crippen molar-refractivity contribution in [2.45, 2.75) is 25.8 Å². The third-order valence-corrected chi connectivity index (χ3v) is 7.03. The molecule has 1 aliphatic heterocycles. The van der Waals surface area contributed by atoms with Crippen molar-refractivity contribution in [1.29, 1.82) is 0 Å². The van der Waals surface area contributed by atoms with Crippen LogP contribution in [0.4, 0.5) is 5.69 Å². The first kappa shape index (κ1) is 20.5. The van der Waals surface area contributed by atoms with E-state index in [0.29, 0.717) is 11.4 Å². The Bertz CT molecular complexity index is 1060. The van der Waals surface area contributed by atoms with Crippen LogP contribution in [-0.4, -0.2) is 29.7 Å². The van der Waals surface area contributed by atoms with Crippen LogP contribution in [0.5, 0.6) is 5.75 Å². The number of methoxy groups -OCH3 is 1. The first-order chi connectivity index (χ1) is 15.5. The Hall–Kier alpha value is -3.41. The second kappa shape index (κ2) is 7.93. The summed E-state index contributed by atoms with van der Waals surface area (Å²) in [7, 11) is 1.58. The number of nitrogens with zero attached hydrogens (tertiary/aromatic N) is 1. The summed E-state index contributed by atoms with van der Waals surface area (Å²) in [5.74, 6) is -0.199. The molecule has 5 rings (SSSR count). The minimum Gasteiger partial charge on any atom is -0.497 e. The van der Waals surface area contributed by atoms with Crippen molar-refractivity contribution in [2.24, 2.45) is 23.7 Å². The largest absolute Gasteiger partial charge is 0.497 e. The summed E-state index contributed by atoms with van der Waals surface area (Å²) in [4.78, 5) is 41.2. The number of fused-ring (bicyclic) bond motifs is 5. The van der Waals surface area contributed by atoms with Crippen LogP contribution in [0.25, 0.3) is 0 Å². The summed E-state index contributed by atoms with van der Waals surface area (Å²) >= 11 is 0. The lowest BCUT2D eigenvalue weighted by molar-refractivity contribution is -0.144. The number of likely N-dealkylation sites (tertiary alicyclic amines) is 1. The molecule has 32 heavy (non-hydrogen) atoms. The topological polar surface area (TPSA) is 75.7 Å². The van der Waals surface area contributed by atoms with E-state index < -0.39 is 6.04 Å². The average Bonchev–Trinajstić information content (AvgIpc) is 3.48. The SMILES string of the molecule is COc1ccc(C(CC(=O)Nc2ccc(C)cc2)N2C(=O)C3C4C=CC(C4)C3C2=O)cc1. The number of carbonyl (C=O) groups excluding carboxylic acids is 3. The van der Waals surface area contributed by atoms with Gasteiger partial charge in [-0.15, -0.1) is 0 Å². The molecule has 5 atom stereocenters. The van der Waals surface area contributed by atoms with E-state index in [1.54, 1.807) is 19.2 Å². The molecular weight excluding hydrogens is 404 g/mol.